The second-order valence-corrected chi connectivity index (χ2v) is 6.08. The first-order valence-corrected chi connectivity index (χ1v) is 7.94. The second kappa shape index (κ2) is 6.56. The van der Waals surface area contributed by atoms with Gasteiger partial charge in [-0.1, -0.05) is 25.0 Å². The van der Waals surface area contributed by atoms with Gasteiger partial charge >= 0.3 is 6.18 Å². The van der Waals surface area contributed by atoms with Crippen molar-refractivity contribution in [2.45, 2.75) is 37.9 Å². The lowest BCUT2D eigenvalue weighted by atomic mass is 10.0. The van der Waals surface area contributed by atoms with E-state index in [4.69, 9.17) is 0 Å². The van der Waals surface area contributed by atoms with E-state index in [1.165, 1.54) is 37.8 Å². The van der Waals surface area contributed by atoms with Crippen molar-refractivity contribution < 1.29 is 13.2 Å². The highest BCUT2D eigenvalue weighted by atomic mass is 19.4. The Morgan fingerprint density at radius 3 is 2.38 bits per heavy atom. The zero-order valence-electron chi connectivity index (χ0n) is 13.1. The summed E-state index contributed by atoms with van der Waals surface area (Å²) in [6.45, 7) is 0. The van der Waals surface area contributed by atoms with Crippen LogP contribution in [0.1, 0.15) is 48.4 Å². The predicted octanol–water partition coefficient (Wildman–Crippen LogP) is 5.69. The summed E-state index contributed by atoms with van der Waals surface area (Å²) in [6, 6.07) is 9.21. The van der Waals surface area contributed by atoms with E-state index in [1.54, 1.807) is 6.08 Å². The number of benzene rings is 1. The molecular formula is C19H17F3N2. The van der Waals surface area contributed by atoms with Gasteiger partial charge in [0.15, 0.2) is 0 Å². The summed E-state index contributed by atoms with van der Waals surface area (Å²) in [4.78, 5) is 0. The summed E-state index contributed by atoms with van der Waals surface area (Å²) < 4.78 is 40.0. The Labute approximate surface area is 138 Å². The highest BCUT2D eigenvalue weighted by molar-refractivity contribution is 5.89. The van der Waals surface area contributed by atoms with Gasteiger partial charge in [-0.2, -0.15) is 18.4 Å². The molecule has 0 spiro atoms. The number of hydrogen-bond donors (Lipinski definition) is 0. The van der Waals surface area contributed by atoms with Crippen LogP contribution in [0.15, 0.2) is 42.7 Å². The molecule has 1 heterocycles. The van der Waals surface area contributed by atoms with E-state index in [9.17, 15) is 18.4 Å². The van der Waals surface area contributed by atoms with Crippen LogP contribution in [0, 0.1) is 11.3 Å². The van der Waals surface area contributed by atoms with E-state index >= 15 is 0 Å². The molecular weight excluding hydrogens is 313 g/mol. The molecule has 124 valence electrons. The lowest BCUT2D eigenvalue weighted by Gasteiger charge is -2.10. The molecule has 0 N–H and O–H groups in total. The summed E-state index contributed by atoms with van der Waals surface area (Å²) in [6.07, 6.45) is 6.16. The Morgan fingerprint density at radius 1 is 1.12 bits per heavy atom. The number of alkyl halides is 3. The summed E-state index contributed by atoms with van der Waals surface area (Å²) >= 11 is 0. The third kappa shape index (κ3) is 3.53. The van der Waals surface area contributed by atoms with Crippen LogP contribution in [0.25, 0.3) is 11.6 Å². The number of aromatic nitrogens is 1. The zero-order chi connectivity index (χ0) is 17.2. The van der Waals surface area contributed by atoms with Gasteiger partial charge in [0.2, 0.25) is 0 Å². The highest BCUT2D eigenvalue weighted by Gasteiger charge is 2.30. The van der Waals surface area contributed by atoms with Gasteiger partial charge < -0.3 is 4.57 Å². The van der Waals surface area contributed by atoms with Gasteiger partial charge in [-0.05, 0) is 48.2 Å². The molecule has 1 aliphatic rings. The van der Waals surface area contributed by atoms with Crippen molar-refractivity contribution in [3.05, 3.63) is 59.4 Å². The number of nitrogens with zero attached hydrogens (tertiary/aromatic N) is 2. The first-order chi connectivity index (χ1) is 11.5. The molecule has 0 saturated heterocycles. The smallest absolute Gasteiger partial charge is 0.351 e. The molecule has 0 radical (unpaired) electrons. The van der Waals surface area contributed by atoms with Crippen LogP contribution in [-0.2, 0) is 6.18 Å². The van der Waals surface area contributed by atoms with Crippen molar-refractivity contribution >= 4 is 11.6 Å². The first kappa shape index (κ1) is 16.4. The third-order valence-electron chi connectivity index (χ3n) is 4.44. The Bertz CT molecular complexity index is 770. The van der Waals surface area contributed by atoms with E-state index in [2.05, 4.69) is 10.6 Å². The zero-order valence-corrected chi connectivity index (χ0v) is 13.1. The van der Waals surface area contributed by atoms with Crippen molar-refractivity contribution in [1.29, 1.82) is 5.26 Å². The molecule has 0 aliphatic heterocycles. The maximum absolute atomic E-state index is 12.6. The topological polar surface area (TPSA) is 28.7 Å². The fraction of sp³-hybridized carbons (Fsp3) is 0.316. The minimum atomic E-state index is -4.37. The molecule has 2 aromatic rings. The van der Waals surface area contributed by atoms with E-state index in [1.807, 2.05) is 18.5 Å². The van der Waals surface area contributed by atoms with Crippen molar-refractivity contribution in [2.24, 2.45) is 0 Å². The molecule has 1 saturated carbocycles. The molecule has 0 atom stereocenters. The summed E-state index contributed by atoms with van der Waals surface area (Å²) in [5.41, 5.74) is 1.02. The van der Waals surface area contributed by atoms with E-state index in [0.717, 1.165) is 17.7 Å². The fourth-order valence-corrected chi connectivity index (χ4v) is 3.13. The minimum absolute atomic E-state index is 0.355. The van der Waals surface area contributed by atoms with Crippen LogP contribution in [0.3, 0.4) is 0 Å². The average molecular weight is 330 g/mol. The molecule has 24 heavy (non-hydrogen) atoms. The molecule has 3 rings (SSSR count). The third-order valence-corrected chi connectivity index (χ3v) is 4.44. The molecule has 0 unspecified atom stereocenters. The number of nitriles is 1. The van der Waals surface area contributed by atoms with Crippen molar-refractivity contribution in [3.8, 4) is 6.07 Å². The number of halogens is 3. The summed E-state index contributed by atoms with van der Waals surface area (Å²) in [7, 11) is 0. The van der Waals surface area contributed by atoms with Gasteiger partial charge in [-0.3, -0.25) is 0 Å². The van der Waals surface area contributed by atoms with Crippen LogP contribution in [0.5, 0.6) is 0 Å². The van der Waals surface area contributed by atoms with Crippen LogP contribution in [0.4, 0.5) is 13.2 Å². The maximum Gasteiger partial charge on any atom is 0.416 e. The SMILES string of the molecule is N#C/C(=C\c1ccn(C2CCCC2)c1)c1ccc(C(F)(F)F)cc1. The number of rotatable bonds is 3. The number of hydrogen-bond acceptors (Lipinski definition) is 1. The van der Waals surface area contributed by atoms with E-state index in [0.29, 0.717) is 17.2 Å². The molecule has 0 bridgehead atoms. The Balaban J connectivity index is 1.83. The van der Waals surface area contributed by atoms with Gasteiger partial charge in [-0.25, -0.2) is 0 Å². The van der Waals surface area contributed by atoms with Crippen LogP contribution in [0.2, 0.25) is 0 Å². The molecule has 0 amide bonds. The minimum Gasteiger partial charge on any atom is -0.351 e. The lowest BCUT2D eigenvalue weighted by Crippen LogP contribution is -2.04. The lowest BCUT2D eigenvalue weighted by molar-refractivity contribution is -0.137. The molecule has 1 fully saturated rings. The normalized spacial score (nSPS) is 16.3. The Morgan fingerprint density at radius 2 is 1.79 bits per heavy atom. The van der Waals surface area contributed by atoms with E-state index < -0.39 is 11.7 Å². The second-order valence-electron chi connectivity index (χ2n) is 6.08. The standard InChI is InChI=1S/C19H17F3N2/c20-19(21,22)17-7-5-15(6-8-17)16(12-23)11-14-9-10-24(13-14)18-3-1-2-4-18/h5-11,13,18H,1-4H2/b16-11+. The van der Waals surface area contributed by atoms with Gasteiger partial charge in [0, 0.05) is 18.4 Å². The molecule has 2 nitrogen and oxygen atoms in total. The number of allylic oxidation sites excluding steroid dienone is 1. The quantitative estimate of drug-likeness (QED) is 0.665. The fourth-order valence-electron chi connectivity index (χ4n) is 3.13. The Hall–Kier alpha value is -2.48. The van der Waals surface area contributed by atoms with Gasteiger partial charge in [0.05, 0.1) is 17.2 Å². The van der Waals surface area contributed by atoms with Gasteiger partial charge in [0.1, 0.15) is 0 Å². The van der Waals surface area contributed by atoms with Crippen LogP contribution >= 0.6 is 0 Å². The molecule has 1 aliphatic carbocycles. The molecule has 5 heteroatoms. The van der Waals surface area contributed by atoms with Crippen molar-refractivity contribution in [2.75, 3.05) is 0 Å². The van der Waals surface area contributed by atoms with E-state index in [-0.39, 0.29) is 0 Å². The maximum atomic E-state index is 12.6. The highest BCUT2D eigenvalue weighted by Crippen LogP contribution is 2.31. The predicted molar refractivity (Wildman–Crippen MR) is 86.9 cm³/mol. The summed E-state index contributed by atoms with van der Waals surface area (Å²) in [5.74, 6) is 0. The van der Waals surface area contributed by atoms with Gasteiger partial charge in [-0.15, -0.1) is 0 Å². The molecule has 1 aromatic carbocycles. The first-order valence-electron chi connectivity index (χ1n) is 7.94. The summed E-state index contributed by atoms with van der Waals surface area (Å²) in [5, 5.41) is 9.34. The average Bonchev–Trinajstić information content (AvgIpc) is 3.23. The largest absolute Gasteiger partial charge is 0.416 e. The van der Waals surface area contributed by atoms with Crippen molar-refractivity contribution in [3.63, 3.8) is 0 Å². The van der Waals surface area contributed by atoms with Crippen LogP contribution < -0.4 is 0 Å². The van der Waals surface area contributed by atoms with Gasteiger partial charge in [0.25, 0.3) is 0 Å². The van der Waals surface area contributed by atoms with Crippen LogP contribution in [-0.4, -0.2) is 4.57 Å². The van der Waals surface area contributed by atoms with Crippen molar-refractivity contribution in [1.82, 2.24) is 4.57 Å². The monoisotopic (exact) mass is 330 g/mol. The molecule has 1 aromatic heterocycles. The Kier molecular flexibility index (Phi) is 4.48.